The third kappa shape index (κ3) is 3.80. The highest BCUT2D eigenvalue weighted by Gasteiger charge is 2.45. The molecule has 4 fully saturated rings. The zero-order valence-electron chi connectivity index (χ0n) is 20.7. The first-order chi connectivity index (χ1) is 17.6. The number of carbonyl (C=O) groups is 1. The van der Waals surface area contributed by atoms with E-state index in [1.165, 1.54) is 12.8 Å². The molecule has 1 amide bonds. The van der Waals surface area contributed by atoms with E-state index in [4.69, 9.17) is 4.98 Å². The number of hydrogen-bond donors (Lipinski definition) is 0. The number of aromatic nitrogens is 3. The first-order valence-corrected chi connectivity index (χ1v) is 13.3. The Morgan fingerprint density at radius 1 is 1.06 bits per heavy atom. The van der Waals surface area contributed by atoms with Crippen molar-refractivity contribution in [1.82, 2.24) is 19.9 Å². The predicted octanol–water partition coefficient (Wildman–Crippen LogP) is 4.59. The molecular formula is C29H30N6O. The second kappa shape index (κ2) is 8.26. The maximum atomic E-state index is 13.0. The largest absolute Gasteiger partial charge is 0.352 e. The Hall–Kier alpha value is -3.53. The van der Waals surface area contributed by atoms with Crippen LogP contribution in [0.5, 0.6) is 0 Å². The van der Waals surface area contributed by atoms with Crippen LogP contribution in [0.1, 0.15) is 61.4 Å². The molecule has 0 N–H and O–H groups in total. The maximum Gasteiger partial charge on any atom is 0.226 e. The molecule has 0 bridgehead atoms. The van der Waals surface area contributed by atoms with Crippen LogP contribution in [0.2, 0.25) is 0 Å². The highest BCUT2D eigenvalue weighted by Crippen LogP contribution is 2.46. The summed E-state index contributed by atoms with van der Waals surface area (Å²) in [5.41, 5.74) is 5.41. The molecule has 3 saturated carbocycles. The van der Waals surface area contributed by atoms with Crippen LogP contribution in [-0.4, -0.2) is 51.4 Å². The monoisotopic (exact) mass is 478 g/mol. The van der Waals surface area contributed by atoms with E-state index in [2.05, 4.69) is 38.0 Å². The summed E-state index contributed by atoms with van der Waals surface area (Å²) in [6, 6.07) is 10.8. The van der Waals surface area contributed by atoms with E-state index in [1.807, 2.05) is 19.1 Å². The van der Waals surface area contributed by atoms with Gasteiger partial charge in [-0.2, -0.15) is 5.26 Å². The zero-order valence-corrected chi connectivity index (χ0v) is 20.7. The molecular weight excluding hydrogens is 448 g/mol. The van der Waals surface area contributed by atoms with Gasteiger partial charge in [0, 0.05) is 54.3 Å². The van der Waals surface area contributed by atoms with Crippen LogP contribution in [0.15, 0.2) is 30.5 Å². The Balaban J connectivity index is 1.29. The average molecular weight is 479 g/mol. The molecule has 7 heteroatoms. The molecule has 1 aliphatic heterocycles. The molecule has 1 unspecified atom stereocenters. The van der Waals surface area contributed by atoms with Crippen LogP contribution < -0.4 is 4.90 Å². The lowest BCUT2D eigenvalue weighted by molar-refractivity contribution is -0.135. The fourth-order valence-corrected chi connectivity index (χ4v) is 5.85. The summed E-state index contributed by atoms with van der Waals surface area (Å²) in [4.78, 5) is 31.8. The van der Waals surface area contributed by atoms with Gasteiger partial charge in [0.1, 0.15) is 11.9 Å². The van der Waals surface area contributed by atoms with Gasteiger partial charge in [-0.05, 0) is 81.2 Å². The molecule has 3 aromatic rings. The van der Waals surface area contributed by atoms with E-state index < -0.39 is 0 Å². The van der Waals surface area contributed by atoms with Gasteiger partial charge >= 0.3 is 0 Å². The van der Waals surface area contributed by atoms with Gasteiger partial charge in [-0.3, -0.25) is 4.79 Å². The normalized spacial score (nSPS) is 22.1. The van der Waals surface area contributed by atoms with Crippen molar-refractivity contribution in [2.24, 2.45) is 11.8 Å². The van der Waals surface area contributed by atoms with Crippen molar-refractivity contribution in [3.63, 3.8) is 0 Å². The van der Waals surface area contributed by atoms with Crippen molar-refractivity contribution in [3.05, 3.63) is 47.4 Å². The van der Waals surface area contributed by atoms with Gasteiger partial charge in [0.05, 0.1) is 17.3 Å². The Morgan fingerprint density at radius 2 is 1.89 bits per heavy atom. The summed E-state index contributed by atoms with van der Waals surface area (Å²) in [5, 5.41) is 11.2. The second-order valence-electron chi connectivity index (χ2n) is 11.0. The quantitative estimate of drug-likeness (QED) is 0.533. The van der Waals surface area contributed by atoms with E-state index in [-0.39, 0.29) is 12.0 Å². The molecule has 3 aliphatic carbocycles. The van der Waals surface area contributed by atoms with Crippen LogP contribution in [-0.2, 0) is 4.79 Å². The smallest absolute Gasteiger partial charge is 0.226 e. The summed E-state index contributed by atoms with van der Waals surface area (Å²) in [7, 11) is 0. The van der Waals surface area contributed by atoms with Crippen LogP contribution in [0.3, 0.4) is 0 Å². The molecule has 1 atom stereocenters. The number of nitrogens with zero attached hydrogens (tertiary/aromatic N) is 6. The Kier molecular flexibility index (Phi) is 4.99. The fourth-order valence-electron chi connectivity index (χ4n) is 5.85. The Bertz CT molecular complexity index is 1420. The van der Waals surface area contributed by atoms with Crippen LogP contribution >= 0.6 is 0 Å². The number of aryl methyl sites for hydroxylation is 1. The number of amides is 1. The number of pyridine rings is 3. The van der Waals surface area contributed by atoms with Gasteiger partial charge in [-0.25, -0.2) is 15.0 Å². The minimum absolute atomic E-state index is 0.238. The minimum atomic E-state index is 0.238. The predicted molar refractivity (Wildman–Crippen MR) is 137 cm³/mol. The van der Waals surface area contributed by atoms with Crippen molar-refractivity contribution in [1.29, 1.82) is 5.26 Å². The van der Waals surface area contributed by atoms with Crippen LogP contribution in [0, 0.1) is 30.1 Å². The Labute approximate surface area is 211 Å². The summed E-state index contributed by atoms with van der Waals surface area (Å²) >= 11 is 0. The molecule has 1 saturated heterocycles. The molecule has 4 heterocycles. The number of nitriles is 1. The highest BCUT2D eigenvalue weighted by atomic mass is 16.2. The highest BCUT2D eigenvalue weighted by molar-refractivity contribution is 5.94. The summed E-state index contributed by atoms with van der Waals surface area (Å²) in [5.74, 6) is 2.40. The molecule has 4 aliphatic rings. The lowest BCUT2D eigenvalue weighted by Crippen LogP contribution is -2.57. The molecule has 7 rings (SSSR count). The van der Waals surface area contributed by atoms with Crippen molar-refractivity contribution in [2.45, 2.75) is 57.4 Å². The molecule has 0 radical (unpaired) electrons. The van der Waals surface area contributed by atoms with E-state index in [0.717, 1.165) is 84.7 Å². The number of piperazine rings is 1. The number of hydrogen-bond acceptors (Lipinski definition) is 6. The number of rotatable bonds is 5. The van der Waals surface area contributed by atoms with E-state index in [9.17, 15) is 10.1 Å². The van der Waals surface area contributed by atoms with Crippen LogP contribution in [0.4, 0.5) is 5.82 Å². The molecule has 36 heavy (non-hydrogen) atoms. The standard InChI is InChI=1S/C29H30N6O/c1-17-13-23(22-3-2-10-31-27(22)32-17)24-14-21(15-30)28(33-26(24)19-6-7-19)34-11-12-35(29(36)20-8-9-20)25(16-34)18-4-5-18/h2-3,10,13-14,18-20,25H,4-9,11-12,16H2,1H3. The molecule has 7 nitrogen and oxygen atoms in total. The SMILES string of the molecule is Cc1cc(-c2cc(C#N)c(N3CCN(C(=O)C4CC4)C(C4CC4)C3)nc2C2CC2)c2cccnc2n1. The number of carbonyl (C=O) groups excluding carboxylic acids is 1. The maximum absolute atomic E-state index is 13.0. The first-order valence-electron chi connectivity index (χ1n) is 13.3. The summed E-state index contributed by atoms with van der Waals surface area (Å²) in [6.07, 6.45) is 8.50. The van der Waals surface area contributed by atoms with Crippen molar-refractivity contribution in [3.8, 4) is 17.2 Å². The number of fused-ring (bicyclic) bond motifs is 1. The second-order valence-corrected chi connectivity index (χ2v) is 11.0. The fraction of sp³-hybridized carbons (Fsp3) is 0.483. The zero-order chi connectivity index (χ0) is 24.4. The van der Waals surface area contributed by atoms with Gasteiger partial charge < -0.3 is 9.80 Å². The van der Waals surface area contributed by atoms with Crippen molar-refractivity contribution in [2.75, 3.05) is 24.5 Å². The van der Waals surface area contributed by atoms with Gasteiger partial charge in [0.15, 0.2) is 5.65 Å². The number of anilines is 1. The summed E-state index contributed by atoms with van der Waals surface area (Å²) in [6.45, 7) is 4.22. The summed E-state index contributed by atoms with van der Waals surface area (Å²) < 4.78 is 0. The third-order valence-electron chi connectivity index (χ3n) is 8.21. The molecule has 0 spiro atoms. The Morgan fingerprint density at radius 3 is 2.61 bits per heavy atom. The average Bonchev–Trinajstić information content (AvgIpc) is 3.76. The van der Waals surface area contributed by atoms with Crippen LogP contribution in [0.25, 0.3) is 22.2 Å². The minimum Gasteiger partial charge on any atom is -0.352 e. The van der Waals surface area contributed by atoms with Gasteiger partial charge in [0.2, 0.25) is 5.91 Å². The van der Waals surface area contributed by atoms with E-state index >= 15 is 0 Å². The molecule has 3 aromatic heterocycles. The van der Waals surface area contributed by atoms with E-state index in [0.29, 0.717) is 23.3 Å². The molecule has 0 aromatic carbocycles. The lowest BCUT2D eigenvalue weighted by atomic mass is 9.96. The topological polar surface area (TPSA) is 86.0 Å². The van der Waals surface area contributed by atoms with Gasteiger partial charge in [-0.15, -0.1) is 0 Å². The molecule has 182 valence electrons. The van der Waals surface area contributed by atoms with Crippen molar-refractivity contribution < 1.29 is 4.79 Å². The third-order valence-corrected chi connectivity index (χ3v) is 8.21. The first kappa shape index (κ1) is 21.7. The van der Waals surface area contributed by atoms with E-state index in [1.54, 1.807) is 6.20 Å². The van der Waals surface area contributed by atoms with Gasteiger partial charge in [-0.1, -0.05) is 0 Å². The lowest BCUT2D eigenvalue weighted by Gasteiger charge is -2.43. The van der Waals surface area contributed by atoms with Crippen molar-refractivity contribution >= 4 is 22.8 Å². The van der Waals surface area contributed by atoms with Gasteiger partial charge in [0.25, 0.3) is 0 Å².